The molecular weight excluding hydrogens is 701 g/mol. The maximum atomic E-state index is 12.6. The minimum atomic E-state index is -4.65. The van der Waals surface area contributed by atoms with Crippen molar-refractivity contribution in [2.75, 3.05) is 47.5 Å². The average Bonchev–Trinajstić information content (AvgIpc) is 3.12. The molecule has 2 atom stereocenters. The van der Waals surface area contributed by atoms with Gasteiger partial charge in [0.05, 0.1) is 27.7 Å². The molecule has 0 aromatic carbocycles. The van der Waals surface area contributed by atoms with Gasteiger partial charge in [-0.2, -0.15) is 0 Å². The van der Waals surface area contributed by atoms with E-state index in [4.69, 9.17) is 18.5 Å². The van der Waals surface area contributed by atoms with Crippen LogP contribution in [0.25, 0.3) is 0 Å². The van der Waals surface area contributed by atoms with Crippen LogP contribution >= 0.6 is 7.82 Å². The second-order valence-electron chi connectivity index (χ2n) is 13.4. The number of esters is 2. The van der Waals surface area contributed by atoms with Crippen molar-refractivity contribution >= 4 is 19.8 Å². The zero-order valence-corrected chi connectivity index (χ0v) is 34.5. The molecular formula is C44H68NO8P. The minimum absolute atomic E-state index is 0.0550. The minimum Gasteiger partial charge on any atom is -0.756 e. The van der Waals surface area contributed by atoms with Crippen LogP contribution in [0.4, 0.5) is 0 Å². The molecule has 0 spiro atoms. The fraction of sp³-hybridized carbons (Fsp3) is 0.500. The second kappa shape index (κ2) is 35.1. The first-order valence-electron chi connectivity index (χ1n) is 19.4. The van der Waals surface area contributed by atoms with E-state index in [1.807, 2.05) is 118 Å². The van der Waals surface area contributed by atoms with Gasteiger partial charge in [0.15, 0.2) is 6.10 Å². The molecule has 0 aliphatic heterocycles. The second-order valence-corrected chi connectivity index (χ2v) is 14.8. The van der Waals surface area contributed by atoms with Crippen molar-refractivity contribution in [1.82, 2.24) is 0 Å². The maximum Gasteiger partial charge on any atom is 0.306 e. The van der Waals surface area contributed by atoms with E-state index in [2.05, 4.69) is 38.2 Å². The van der Waals surface area contributed by atoms with Gasteiger partial charge in [-0.15, -0.1) is 0 Å². The third kappa shape index (κ3) is 38.1. The zero-order valence-electron chi connectivity index (χ0n) is 33.6. The van der Waals surface area contributed by atoms with Crippen LogP contribution in [0, 0.1) is 0 Å². The van der Waals surface area contributed by atoms with Crippen molar-refractivity contribution in [3.05, 3.63) is 122 Å². The summed E-state index contributed by atoms with van der Waals surface area (Å²) in [6, 6.07) is 0. The fourth-order valence-electron chi connectivity index (χ4n) is 4.22. The lowest BCUT2D eigenvalue weighted by atomic mass is 10.1. The van der Waals surface area contributed by atoms with Crippen LogP contribution in [-0.4, -0.2) is 70.0 Å². The Labute approximate surface area is 327 Å². The molecule has 0 bridgehead atoms. The Kier molecular flexibility index (Phi) is 32.8. The number of nitrogens with zero attached hydrogens (tertiary/aromatic N) is 1. The number of quaternary nitrogens is 1. The summed E-state index contributed by atoms with van der Waals surface area (Å²) in [5.74, 6) is -0.951. The van der Waals surface area contributed by atoms with Crippen LogP contribution < -0.4 is 4.89 Å². The van der Waals surface area contributed by atoms with Gasteiger partial charge in [-0.1, -0.05) is 148 Å². The first-order chi connectivity index (χ1) is 26.0. The van der Waals surface area contributed by atoms with Gasteiger partial charge in [0.2, 0.25) is 0 Å². The summed E-state index contributed by atoms with van der Waals surface area (Å²) < 4.78 is 33.7. The van der Waals surface area contributed by atoms with E-state index in [0.29, 0.717) is 23.9 Å². The number of rotatable bonds is 32. The van der Waals surface area contributed by atoms with E-state index in [-0.39, 0.29) is 26.1 Å². The third-order valence-electron chi connectivity index (χ3n) is 7.23. The molecule has 302 valence electrons. The number of phosphoric acid groups is 1. The average molecular weight is 770 g/mol. The Balaban J connectivity index is 4.63. The molecule has 0 aromatic heterocycles. The van der Waals surface area contributed by atoms with Crippen LogP contribution in [0.2, 0.25) is 0 Å². The summed E-state index contributed by atoms with van der Waals surface area (Å²) in [7, 11) is 1.08. The lowest BCUT2D eigenvalue weighted by molar-refractivity contribution is -0.870. The molecule has 54 heavy (non-hydrogen) atoms. The lowest BCUT2D eigenvalue weighted by Gasteiger charge is -2.28. The number of likely N-dealkylation sites (N-methyl/N-ethyl adjacent to an activating group) is 1. The largest absolute Gasteiger partial charge is 0.756 e. The topological polar surface area (TPSA) is 111 Å². The van der Waals surface area contributed by atoms with E-state index in [1.165, 1.54) is 0 Å². The van der Waals surface area contributed by atoms with Gasteiger partial charge in [-0.25, -0.2) is 0 Å². The predicted octanol–water partition coefficient (Wildman–Crippen LogP) is 9.93. The third-order valence-corrected chi connectivity index (χ3v) is 8.20. The number of phosphoric ester groups is 1. The van der Waals surface area contributed by atoms with Crippen LogP contribution in [-0.2, 0) is 32.7 Å². The van der Waals surface area contributed by atoms with E-state index in [1.54, 1.807) is 0 Å². The van der Waals surface area contributed by atoms with Crippen molar-refractivity contribution < 1.29 is 42.1 Å². The fourth-order valence-corrected chi connectivity index (χ4v) is 4.95. The van der Waals surface area contributed by atoms with Crippen molar-refractivity contribution in [2.24, 2.45) is 0 Å². The summed E-state index contributed by atoms with van der Waals surface area (Å²) in [5, 5.41) is 0. The Morgan fingerprint density at radius 1 is 0.574 bits per heavy atom. The number of carbonyl (C=O) groups excluding carboxylic acids is 2. The predicted molar refractivity (Wildman–Crippen MR) is 221 cm³/mol. The monoisotopic (exact) mass is 769 g/mol. The Bertz CT molecular complexity index is 1330. The van der Waals surface area contributed by atoms with Crippen LogP contribution in [0.3, 0.4) is 0 Å². The molecule has 0 saturated heterocycles. The summed E-state index contributed by atoms with van der Waals surface area (Å²) in [6.45, 7) is 3.78. The molecule has 0 heterocycles. The van der Waals surface area contributed by atoms with Gasteiger partial charge in [0.1, 0.15) is 19.8 Å². The molecule has 0 aliphatic carbocycles. The van der Waals surface area contributed by atoms with Crippen LogP contribution in [0.1, 0.15) is 90.9 Å². The summed E-state index contributed by atoms with van der Waals surface area (Å²) >= 11 is 0. The number of carbonyl (C=O) groups is 2. The number of hydrogen-bond donors (Lipinski definition) is 0. The first kappa shape index (κ1) is 50.4. The quantitative estimate of drug-likeness (QED) is 0.0219. The number of hydrogen-bond acceptors (Lipinski definition) is 8. The summed E-state index contributed by atoms with van der Waals surface area (Å²) in [4.78, 5) is 37.4. The van der Waals surface area contributed by atoms with E-state index >= 15 is 0 Å². The van der Waals surface area contributed by atoms with Crippen molar-refractivity contribution in [1.29, 1.82) is 0 Å². The Hall–Kier alpha value is -3.59. The van der Waals surface area contributed by atoms with Gasteiger partial charge < -0.3 is 27.9 Å². The highest BCUT2D eigenvalue weighted by Gasteiger charge is 2.21. The summed E-state index contributed by atoms with van der Waals surface area (Å²) in [6.07, 6.45) is 48.0. The van der Waals surface area contributed by atoms with Crippen LogP contribution in [0.15, 0.2) is 122 Å². The SMILES string of the molecule is CC/C=C/C=C/C=C/C=C/C=C/C=C/CCCCCC(=O)OCC(COP(=O)([O-])OCC[N+](C)(C)C)OC(=O)CCCCC/C=C/C=C/C=C/C=C/CC. The summed E-state index contributed by atoms with van der Waals surface area (Å²) in [5.41, 5.74) is 0. The van der Waals surface area contributed by atoms with Crippen molar-refractivity contribution in [2.45, 2.75) is 97.0 Å². The van der Waals surface area contributed by atoms with E-state index < -0.39 is 32.5 Å². The van der Waals surface area contributed by atoms with E-state index in [0.717, 1.165) is 51.4 Å². The highest BCUT2D eigenvalue weighted by atomic mass is 31.2. The number of allylic oxidation sites excluding steroid dienone is 20. The molecule has 10 heteroatoms. The standard InChI is InChI=1S/C44H68NO8P/c1-6-8-10-12-14-16-18-20-21-22-23-25-26-28-30-32-34-36-43(46)50-40-42(41-52-54(48,49)51-39-38-45(3,4)5)53-44(47)37-35-33-31-29-27-24-19-17-15-13-11-9-7-2/h8-27,42H,6-7,28-41H2,1-5H3/b10-8+,11-9+,14-12+,15-13+,18-16+,19-17+,21-20+,23-22+,26-25+,27-24+. The molecule has 0 N–H and O–H groups in total. The van der Waals surface area contributed by atoms with Gasteiger partial charge in [0, 0.05) is 12.8 Å². The van der Waals surface area contributed by atoms with E-state index in [9.17, 15) is 19.0 Å². The van der Waals surface area contributed by atoms with Crippen molar-refractivity contribution in [3.63, 3.8) is 0 Å². The normalized spacial score (nSPS) is 15.0. The van der Waals surface area contributed by atoms with Gasteiger partial charge >= 0.3 is 11.9 Å². The lowest BCUT2D eigenvalue weighted by Crippen LogP contribution is -2.37. The molecule has 0 rings (SSSR count). The highest BCUT2D eigenvalue weighted by molar-refractivity contribution is 7.45. The number of unbranched alkanes of at least 4 members (excludes halogenated alkanes) is 6. The van der Waals surface area contributed by atoms with Crippen LogP contribution in [0.5, 0.6) is 0 Å². The molecule has 0 fully saturated rings. The smallest absolute Gasteiger partial charge is 0.306 e. The molecule has 0 radical (unpaired) electrons. The zero-order chi connectivity index (χ0) is 40.0. The number of ether oxygens (including phenoxy) is 2. The molecule has 2 unspecified atom stereocenters. The molecule has 0 saturated carbocycles. The first-order valence-corrected chi connectivity index (χ1v) is 20.8. The molecule has 0 aromatic rings. The molecule has 0 aliphatic rings. The van der Waals surface area contributed by atoms with Gasteiger partial charge in [0.25, 0.3) is 7.82 Å². The van der Waals surface area contributed by atoms with Gasteiger partial charge in [-0.3, -0.25) is 14.2 Å². The van der Waals surface area contributed by atoms with Gasteiger partial charge in [-0.05, 0) is 51.4 Å². The Morgan fingerprint density at radius 2 is 1.00 bits per heavy atom. The molecule has 0 amide bonds. The maximum absolute atomic E-state index is 12.6. The molecule has 9 nitrogen and oxygen atoms in total. The Morgan fingerprint density at radius 3 is 1.44 bits per heavy atom. The van der Waals surface area contributed by atoms with Crippen molar-refractivity contribution in [3.8, 4) is 0 Å². The highest BCUT2D eigenvalue weighted by Crippen LogP contribution is 2.38.